The van der Waals surface area contributed by atoms with Crippen LogP contribution in [0, 0.1) is 11.8 Å². The summed E-state index contributed by atoms with van der Waals surface area (Å²) in [6.07, 6.45) is 9.83. The van der Waals surface area contributed by atoms with Crippen LogP contribution in [0.3, 0.4) is 0 Å². The third kappa shape index (κ3) is 5.31. The molecule has 7 rings (SSSR count). The lowest BCUT2D eigenvalue weighted by Crippen LogP contribution is -2.52. The van der Waals surface area contributed by atoms with E-state index in [9.17, 15) is 14.1 Å². The molecule has 2 aliphatic carbocycles. The lowest BCUT2D eigenvalue weighted by atomic mass is 9.66. The van der Waals surface area contributed by atoms with Crippen molar-refractivity contribution in [1.29, 1.82) is 0 Å². The van der Waals surface area contributed by atoms with E-state index in [1.165, 1.54) is 11.1 Å². The average molecular weight is 610 g/mol. The van der Waals surface area contributed by atoms with Crippen molar-refractivity contribution in [2.45, 2.75) is 62.1 Å². The molecule has 1 N–H and O–H groups in total. The van der Waals surface area contributed by atoms with E-state index in [0.29, 0.717) is 43.5 Å². The fourth-order valence-electron chi connectivity index (χ4n) is 8.03. The maximum absolute atomic E-state index is 13.5. The second-order valence-corrected chi connectivity index (χ2v) is 16.3. The molecule has 1 saturated carbocycles. The first-order valence-corrected chi connectivity index (χ1v) is 17.7. The number of anilines is 1. The molecule has 4 bridgehead atoms. The maximum atomic E-state index is 13.5. The van der Waals surface area contributed by atoms with Crippen molar-refractivity contribution >= 4 is 38.5 Å². The van der Waals surface area contributed by atoms with Gasteiger partial charge in [0.1, 0.15) is 5.75 Å². The Morgan fingerprint density at radius 3 is 2.86 bits per heavy atom. The van der Waals surface area contributed by atoms with Gasteiger partial charge in [-0.1, -0.05) is 29.8 Å². The predicted octanol–water partition coefficient (Wildman–Crippen LogP) is 5.22. The Kier molecular flexibility index (Phi) is 7.24. The minimum atomic E-state index is -2.71. The average Bonchev–Trinajstić information content (AvgIpc) is 3.07. The Balaban J connectivity index is 1.30. The first-order valence-electron chi connectivity index (χ1n) is 15.3. The number of halogens is 1. The summed E-state index contributed by atoms with van der Waals surface area (Å²) in [6.45, 7) is 2.66. The lowest BCUT2D eigenvalue weighted by Gasteiger charge is -2.48. The van der Waals surface area contributed by atoms with Crippen LogP contribution in [0.5, 0.6) is 5.75 Å². The topological polar surface area (TPSA) is 76.1 Å². The molecular formula is C34H40ClNO5S. The van der Waals surface area contributed by atoms with Crippen molar-refractivity contribution in [2.24, 2.45) is 11.8 Å². The number of hydrogen-bond acceptors (Lipinski definition) is 6. The lowest BCUT2D eigenvalue weighted by molar-refractivity contribution is -0.125. The van der Waals surface area contributed by atoms with E-state index < -0.39 is 15.1 Å². The van der Waals surface area contributed by atoms with Gasteiger partial charge in [0.15, 0.2) is 5.78 Å². The van der Waals surface area contributed by atoms with E-state index in [2.05, 4.69) is 22.9 Å². The molecular weight excluding hydrogens is 570 g/mol. The number of Topliss-reactive ketones (excluding diaryl/α,β-unsaturated/α-hetero) is 1. The number of fused-ring (bicyclic) bond motifs is 7. The maximum Gasteiger partial charge on any atom is 0.174 e. The minimum Gasteiger partial charge on any atom is -0.490 e. The van der Waals surface area contributed by atoms with Crippen LogP contribution in [0.1, 0.15) is 60.0 Å². The highest BCUT2D eigenvalue weighted by Crippen LogP contribution is 2.48. The van der Waals surface area contributed by atoms with Gasteiger partial charge in [-0.2, -0.15) is 0 Å². The van der Waals surface area contributed by atoms with Crippen LogP contribution >= 0.6 is 11.6 Å². The van der Waals surface area contributed by atoms with Crippen molar-refractivity contribution in [2.75, 3.05) is 42.7 Å². The monoisotopic (exact) mass is 609 g/mol. The van der Waals surface area contributed by atoms with Gasteiger partial charge in [0, 0.05) is 47.7 Å². The number of aliphatic hydroxyl groups is 1. The standard InChI is InChI=1S/C34H40ClNO5S/c1-42(39)15-3-12-34(38)13-14-40-32(18-34)27-8-5-25(27)19-36-21-33(11-2-4-23-16-26(35)7-9-28(23)33)22-41-31-10-6-24(17-29(31)36)30(37)20-42/h3,6-7,9-10,12,16-17,25,27,32,38H,1-2,4-5,8,11,13-15,18-22H2/b12-3-/t25-,27+,32+,33-,34+,42?/m0/s1. The fraction of sp³-hybridized carbons (Fsp3) is 0.529. The van der Waals surface area contributed by atoms with Crippen LogP contribution in [0.25, 0.3) is 0 Å². The zero-order chi connectivity index (χ0) is 29.1. The molecule has 6 atom stereocenters. The molecule has 0 aromatic heterocycles. The van der Waals surface area contributed by atoms with Gasteiger partial charge in [-0.25, -0.2) is 0 Å². The summed E-state index contributed by atoms with van der Waals surface area (Å²) in [7, 11) is -2.71. The molecule has 224 valence electrons. The SMILES string of the molecule is C=S1(=O)C/C=C\[C@@]2(O)CCO[C@H](C2)[C@@H]2CC[C@H]2CN2C[C@@]3(CCCc4cc(Cl)ccc43)COc3ccc(cc32)C(=O)C1. The summed E-state index contributed by atoms with van der Waals surface area (Å²) in [5.41, 5.74) is 2.87. The third-order valence-corrected chi connectivity index (χ3v) is 12.2. The zero-order valence-electron chi connectivity index (χ0n) is 24.1. The molecule has 0 amide bonds. The van der Waals surface area contributed by atoms with Crippen LogP contribution < -0.4 is 9.64 Å². The molecule has 1 saturated heterocycles. The number of benzene rings is 2. The molecule has 6 nitrogen and oxygen atoms in total. The van der Waals surface area contributed by atoms with Gasteiger partial charge in [-0.3, -0.25) is 9.00 Å². The van der Waals surface area contributed by atoms with Crippen molar-refractivity contribution in [3.05, 3.63) is 70.3 Å². The van der Waals surface area contributed by atoms with Crippen molar-refractivity contribution in [3.8, 4) is 5.75 Å². The second kappa shape index (κ2) is 10.7. The summed E-state index contributed by atoms with van der Waals surface area (Å²) in [4.78, 5) is 15.9. The van der Waals surface area contributed by atoms with Crippen LogP contribution in [-0.2, 0) is 26.1 Å². The van der Waals surface area contributed by atoms with Gasteiger partial charge in [-0.15, -0.1) is 0 Å². The molecule has 2 aromatic rings. The number of carbonyl (C=O) groups excluding carboxylic acids is 1. The molecule has 0 radical (unpaired) electrons. The van der Waals surface area contributed by atoms with E-state index in [4.69, 9.17) is 21.1 Å². The molecule has 3 heterocycles. The minimum absolute atomic E-state index is 0.0220. The third-order valence-electron chi connectivity index (χ3n) is 10.4. The number of aryl methyl sites for hydroxylation is 1. The van der Waals surface area contributed by atoms with Gasteiger partial charge in [-0.05, 0) is 101 Å². The highest BCUT2D eigenvalue weighted by atomic mass is 35.5. The van der Waals surface area contributed by atoms with Crippen LogP contribution in [-0.4, -0.2) is 70.5 Å². The van der Waals surface area contributed by atoms with Gasteiger partial charge in [0.2, 0.25) is 0 Å². The summed E-state index contributed by atoms with van der Waals surface area (Å²) in [6, 6.07) is 11.9. The van der Waals surface area contributed by atoms with E-state index >= 15 is 0 Å². The Morgan fingerprint density at radius 1 is 1.14 bits per heavy atom. The quantitative estimate of drug-likeness (QED) is 0.326. The van der Waals surface area contributed by atoms with Crippen molar-refractivity contribution < 1.29 is 23.6 Å². The van der Waals surface area contributed by atoms with E-state index in [1.54, 1.807) is 18.2 Å². The van der Waals surface area contributed by atoms with Crippen molar-refractivity contribution in [3.63, 3.8) is 0 Å². The van der Waals surface area contributed by atoms with Crippen LogP contribution in [0.15, 0.2) is 48.6 Å². The van der Waals surface area contributed by atoms with E-state index in [-0.39, 0.29) is 28.8 Å². The van der Waals surface area contributed by atoms with Gasteiger partial charge < -0.3 is 19.5 Å². The smallest absolute Gasteiger partial charge is 0.174 e. The van der Waals surface area contributed by atoms with Gasteiger partial charge in [0.25, 0.3) is 0 Å². The molecule has 42 heavy (non-hydrogen) atoms. The largest absolute Gasteiger partial charge is 0.490 e. The predicted molar refractivity (Wildman–Crippen MR) is 169 cm³/mol. The van der Waals surface area contributed by atoms with Crippen molar-refractivity contribution in [1.82, 2.24) is 0 Å². The normalized spacial score (nSPS) is 37.0. The zero-order valence-corrected chi connectivity index (χ0v) is 25.6. The molecule has 2 fully saturated rings. The number of nitrogens with zero attached hydrogens (tertiary/aromatic N) is 1. The van der Waals surface area contributed by atoms with E-state index in [0.717, 1.165) is 61.7 Å². The van der Waals surface area contributed by atoms with Crippen LogP contribution in [0.2, 0.25) is 5.02 Å². The summed E-state index contributed by atoms with van der Waals surface area (Å²) < 4.78 is 26.3. The molecule has 8 heteroatoms. The fourth-order valence-corrected chi connectivity index (χ4v) is 9.43. The molecule has 1 unspecified atom stereocenters. The summed E-state index contributed by atoms with van der Waals surface area (Å²) in [5, 5.41) is 12.2. The Morgan fingerprint density at radius 2 is 2.02 bits per heavy atom. The van der Waals surface area contributed by atoms with Crippen LogP contribution in [0.4, 0.5) is 5.69 Å². The highest BCUT2D eigenvalue weighted by molar-refractivity contribution is 8.01. The number of hydrogen-bond donors (Lipinski definition) is 1. The van der Waals surface area contributed by atoms with Gasteiger partial charge in [0.05, 0.1) is 36.4 Å². The number of rotatable bonds is 0. The number of ether oxygens (including phenoxy) is 2. The Bertz CT molecular complexity index is 1540. The van der Waals surface area contributed by atoms with E-state index in [1.807, 2.05) is 18.2 Å². The first kappa shape index (κ1) is 28.5. The molecule has 1 spiro atoms. The van der Waals surface area contributed by atoms with Gasteiger partial charge >= 0.3 is 0 Å². The molecule has 3 aliphatic heterocycles. The molecule has 5 aliphatic rings. The Labute approximate surface area is 254 Å². The second-order valence-electron chi connectivity index (χ2n) is 13.4. The number of ketones is 1. The number of carbonyl (C=O) groups is 1. The Hall–Kier alpha value is -2.32. The summed E-state index contributed by atoms with van der Waals surface area (Å²) >= 11 is 6.42. The summed E-state index contributed by atoms with van der Waals surface area (Å²) in [5.74, 6) is 5.30. The highest BCUT2D eigenvalue weighted by Gasteiger charge is 2.46. The molecule has 2 aromatic carbocycles. The first-order chi connectivity index (χ1) is 20.1.